The predicted molar refractivity (Wildman–Crippen MR) is 86.3 cm³/mol. The molecule has 1 aromatic carbocycles. The van der Waals surface area contributed by atoms with Gasteiger partial charge in [0.2, 0.25) is 0 Å². The number of H-pyrrole nitrogens is 1. The van der Waals surface area contributed by atoms with E-state index in [0.717, 1.165) is 37.1 Å². The molecule has 3 N–H and O–H groups in total. The number of nitrogens with zero attached hydrogens (tertiary/aromatic N) is 2. The molecule has 1 heterocycles. The first-order chi connectivity index (χ1) is 11.2. The summed E-state index contributed by atoms with van der Waals surface area (Å²) < 4.78 is 0. The fourth-order valence-corrected chi connectivity index (χ4v) is 2.53. The van der Waals surface area contributed by atoms with Crippen LogP contribution in [0.15, 0.2) is 24.3 Å². The third kappa shape index (κ3) is 3.04. The molecule has 1 amide bonds. The van der Waals surface area contributed by atoms with Gasteiger partial charge >= 0.3 is 0 Å². The zero-order valence-corrected chi connectivity index (χ0v) is 12.6. The highest BCUT2D eigenvalue weighted by molar-refractivity contribution is 6.04. The smallest absolute Gasteiger partial charge is 0.276 e. The molecular weight excluding hydrogens is 290 g/mol. The summed E-state index contributed by atoms with van der Waals surface area (Å²) in [6.45, 7) is 0. The van der Waals surface area contributed by atoms with Crippen molar-refractivity contribution >= 4 is 17.3 Å². The van der Waals surface area contributed by atoms with Crippen molar-refractivity contribution in [3.63, 3.8) is 0 Å². The Morgan fingerprint density at radius 3 is 2.74 bits per heavy atom. The minimum Gasteiger partial charge on any atom is -0.381 e. The number of carbonyl (C=O) groups is 1. The summed E-state index contributed by atoms with van der Waals surface area (Å²) in [5.41, 5.74) is 3.39. The van der Waals surface area contributed by atoms with Gasteiger partial charge in [0.25, 0.3) is 5.91 Å². The van der Waals surface area contributed by atoms with E-state index in [4.69, 9.17) is 5.26 Å². The summed E-state index contributed by atoms with van der Waals surface area (Å²) in [5, 5.41) is 22.3. The monoisotopic (exact) mass is 307 g/mol. The first kappa shape index (κ1) is 13.8. The van der Waals surface area contributed by atoms with Gasteiger partial charge in [-0.2, -0.15) is 10.4 Å². The second-order valence-electron chi connectivity index (χ2n) is 6.23. The zero-order valence-electron chi connectivity index (χ0n) is 12.6. The second-order valence-corrected chi connectivity index (χ2v) is 6.23. The summed E-state index contributed by atoms with van der Waals surface area (Å²) >= 11 is 0. The van der Waals surface area contributed by atoms with E-state index in [0.29, 0.717) is 28.9 Å². The average Bonchev–Trinajstić information content (AvgIpc) is 3.49. The highest BCUT2D eigenvalue weighted by Crippen LogP contribution is 2.39. The molecule has 2 saturated carbocycles. The Labute approximate surface area is 133 Å². The van der Waals surface area contributed by atoms with Crippen molar-refractivity contribution in [2.75, 3.05) is 10.6 Å². The molecule has 0 aliphatic heterocycles. The van der Waals surface area contributed by atoms with Crippen LogP contribution in [0.4, 0.5) is 11.4 Å². The lowest BCUT2D eigenvalue weighted by atomic mass is 10.1. The average molecular weight is 307 g/mol. The van der Waals surface area contributed by atoms with Gasteiger partial charge in [-0.05, 0) is 49.9 Å². The number of rotatable bonds is 5. The van der Waals surface area contributed by atoms with Gasteiger partial charge in [0.15, 0.2) is 5.69 Å². The largest absolute Gasteiger partial charge is 0.381 e. The van der Waals surface area contributed by atoms with Crippen molar-refractivity contribution in [3.8, 4) is 6.07 Å². The van der Waals surface area contributed by atoms with Gasteiger partial charge in [-0.1, -0.05) is 0 Å². The van der Waals surface area contributed by atoms with Crippen LogP contribution in [0.1, 0.15) is 53.3 Å². The molecule has 0 saturated heterocycles. The number of benzene rings is 1. The van der Waals surface area contributed by atoms with Gasteiger partial charge in [0.05, 0.1) is 23.0 Å². The normalized spacial score (nSPS) is 16.7. The molecule has 2 aliphatic carbocycles. The Morgan fingerprint density at radius 2 is 2.04 bits per heavy atom. The Morgan fingerprint density at radius 1 is 1.22 bits per heavy atom. The third-order valence-corrected chi connectivity index (χ3v) is 4.18. The topological polar surface area (TPSA) is 93.6 Å². The number of carbonyl (C=O) groups excluding carboxylic acids is 1. The summed E-state index contributed by atoms with van der Waals surface area (Å²) in [4.78, 5) is 12.4. The maximum Gasteiger partial charge on any atom is 0.276 e. The third-order valence-electron chi connectivity index (χ3n) is 4.18. The number of anilines is 2. The van der Waals surface area contributed by atoms with Crippen LogP contribution in [0.5, 0.6) is 0 Å². The van der Waals surface area contributed by atoms with Crippen LogP contribution in [0.25, 0.3) is 0 Å². The van der Waals surface area contributed by atoms with Gasteiger partial charge in [0.1, 0.15) is 0 Å². The van der Waals surface area contributed by atoms with E-state index in [-0.39, 0.29) is 5.91 Å². The minimum atomic E-state index is -0.262. The summed E-state index contributed by atoms with van der Waals surface area (Å²) in [6, 6.07) is 9.66. The maximum atomic E-state index is 12.4. The van der Waals surface area contributed by atoms with Crippen molar-refractivity contribution in [1.82, 2.24) is 10.2 Å². The van der Waals surface area contributed by atoms with Gasteiger partial charge in [0, 0.05) is 17.7 Å². The molecule has 0 unspecified atom stereocenters. The molecule has 6 nitrogen and oxygen atoms in total. The number of hydrogen-bond acceptors (Lipinski definition) is 4. The van der Waals surface area contributed by atoms with Gasteiger partial charge in [-0.15, -0.1) is 0 Å². The second kappa shape index (κ2) is 5.43. The Hall–Kier alpha value is -2.81. The molecule has 2 aliphatic rings. The van der Waals surface area contributed by atoms with Crippen LogP contribution in [-0.2, 0) is 0 Å². The molecule has 0 bridgehead atoms. The summed E-state index contributed by atoms with van der Waals surface area (Å²) in [6.07, 6.45) is 4.58. The van der Waals surface area contributed by atoms with Crippen LogP contribution in [0.3, 0.4) is 0 Å². The molecular formula is C17H17N5O. The van der Waals surface area contributed by atoms with Gasteiger partial charge < -0.3 is 10.6 Å². The Balaban J connectivity index is 1.55. The van der Waals surface area contributed by atoms with E-state index in [2.05, 4.69) is 26.9 Å². The van der Waals surface area contributed by atoms with Crippen LogP contribution in [0, 0.1) is 11.3 Å². The first-order valence-corrected chi connectivity index (χ1v) is 7.90. The summed E-state index contributed by atoms with van der Waals surface area (Å²) in [7, 11) is 0. The Kier molecular flexibility index (Phi) is 3.27. The van der Waals surface area contributed by atoms with E-state index in [9.17, 15) is 4.79 Å². The van der Waals surface area contributed by atoms with Crippen molar-refractivity contribution in [2.45, 2.75) is 37.6 Å². The molecule has 4 rings (SSSR count). The van der Waals surface area contributed by atoms with Gasteiger partial charge in [-0.3, -0.25) is 9.89 Å². The molecule has 0 atom stereocenters. The number of aromatic amines is 1. The van der Waals surface area contributed by atoms with E-state index in [1.807, 2.05) is 12.1 Å². The zero-order chi connectivity index (χ0) is 15.8. The number of hydrogen-bond donors (Lipinski definition) is 3. The van der Waals surface area contributed by atoms with Crippen molar-refractivity contribution in [2.24, 2.45) is 0 Å². The van der Waals surface area contributed by atoms with E-state index >= 15 is 0 Å². The highest BCUT2D eigenvalue weighted by atomic mass is 16.1. The van der Waals surface area contributed by atoms with Crippen LogP contribution in [0.2, 0.25) is 0 Å². The van der Waals surface area contributed by atoms with Crippen molar-refractivity contribution in [3.05, 3.63) is 41.2 Å². The highest BCUT2D eigenvalue weighted by Gasteiger charge is 2.27. The maximum absolute atomic E-state index is 12.4. The first-order valence-electron chi connectivity index (χ1n) is 7.90. The molecule has 1 aromatic heterocycles. The minimum absolute atomic E-state index is 0.262. The van der Waals surface area contributed by atoms with E-state index < -0.39 is 0 Å². The predicted octanol–water partition coefficient (Wildman–Crippen LogP) is 2.99. The molecule has 6 heteroatoms. The lowest BCUT2D eigenvalue weighted by Gasteiger charge is -2.12. The summed E-state index contributed by atoms with van der Waals surface area (Å²) in [5.74, 6) is 0.264. The van der Waals surface area contributed by atoms with Crippen molar-refractivity contribution in [1.29, 1.82) is 5.26 Å². The van der Waals surface area contributed by atoms with E-state index in [1.165, 1.54) is 0 Å². The van der Waals surface area contributed by atoms with Crippen LogP contribution in [-0.4, -0.2) is 22.1 Å². The number of nitrogens with one attached hydrogen (secondary N) is 3. The molecule has 2 fully saturated rings. The Bertz CT molecular complexity index is 796. The lowest BCUT2D eigenvalue weighted by molar-refractivity contribution is 0.102. The number of aromatic nitrogens is 2. The molecule has 116 valence electrons. The van der Waals surface area contributed by atoms with Crippen LogP contribution >= 0.6 is 0 Å². The quantitative estimate of drug-likeness (QED) is 0.791. The van der Waals surface area contributed by atoms with E-state index in [1.54, 1.807) is 12.1 Å². The molecule has 2 aromatic rings. The fourth-order valence-electron chi connectivity index (χ4n) is 2.53. The van der Waals surface area contributed by atoms with Crippen molar-refractivity contribution < 1.29 is 4.79 Å². The SMILES string of the molecule is N#Cc1ccc(NC2CC2)c(NC(=O)c2cc(C3CC3)[nH]n2)c1. The van der Waals surface area contributed by atoms with Gasteiger partial charge in [-0.25, -0.2) is 0 Å². The lowest BCUT2D eigenvalue weighted by Crippen LogP contribution is -2.15. The number of nitriles is 1. The fraction of sp³-hybridized carbons (Fsp3) is 0.353. The van der Waals surface area contributed by atoms with Crippen LogP contribution < -0.4 is 10.6 Å². The molecule has 0 radical (unpaired) electrons. The molecule has 0 spiro atoms. The number of amides is 1. The standard InChI is InChI=1S/C17H17N5O/c18-9-10-1-6-13(19-12-4-5-12)15(7-10)20-17(23)16-8-14(21-22-16)11-2-3-11/h1,6-8,11-12,19H,2-5H2,(H,20,23)(H,21,22). The molecule has 23 heavy (non-hydrogen) atoms.